The summed E-state index contributed by atoms with van der Waals surface area (Å²) in [4.78, 5) is 18.3. The van der Waals surface area contributed by atoms with Crippen LogP contribution < -0.4 is 5.73 Å². The molecule has 6 heteroatoms. The van der Waals surface area contributed by atoms with E-state index in [1.807, 2.05) is 0 Å². The number of aromatic nitrogens is 2. The number of aromatic amines is 1. The highest BCUT2D eigenvalue weighted by atomic mass is 19.1. The lowest BCUT2D eigenvalue weighted by molar-refractivity contribution is 0.0521. The summed E-state index contributed by atoms with van der Waals surface area (Å²) in [7, 11) is 0. The topological polar surface area (TPSA) is 81.0 Å². The summed E-state index contributed by atoms with van der Waals surface area (Å²) < 4.78 is 17.7. The second-order valence-corrected chi connectivity index (χ2v) is 3.57. The maximum Gasteiger partial charge on any atom is 0.357 e. The van der Waals surface area contributed by atoms with Crippen LogP contribution in [0, 0.1) is 5.82 Å². The van der Waals surface area contributed by atoms with Gasteiger partial charge in [-0.25, -0.2) is 14.2 Å². The minimum Gasteiger partial charge on any atom is -0.461 e. The average Bonchev–Trinajstić information content (AvgIpc) is 2.73. The number of hydrogen-bond acceptors (Lipinski definition) is 4. The maximum atomic E-state index is 12.8. The highest BCUT2D eigenvalue weighted by Crippen LogP contribution is 2.23. The van der Waals surface area contributed by atoms with Gasteiger partial charge in [-0.05, 0) is 31.2 Å². The molecule has 0 radical (unpaired) electrons. The Hall–Kier alpha value is -2.37. The number of nitrogens with two attached hydrogens (primary N) is 1. The van der Waals surface area contributed by atoms with E-state index in [1.165, 1.54) is 24.3 Å². The minimum atomic E-state index is -0.541. The van der Waals surface area contributed by atoms with Crippen molar-refractivity contribution in [3.8, 4) is 11.3 Å². The zero-order valence-electron chi connectivity index (χ0n) is 9.74. The van der Waals surface area contributed by atoms with Gasteiger partial charge in [0.2, 0.25) is 0 Å². The Labute approximate surface area is 103 Å². The van der Waals surface area contributed by atoms with Gasteiger partial charge in [-0.15, -0.1) is 0 Å². The monoisotopic (exact) mass is 249 g/mol. The summed E-state index contributed by atoms with van der Waals surface area (Å²) in [6.45, 7) is 1.95. The van der Waals surface area contributed by atoms with E-state index in [0.717, 1.165) is 0 Å². The molecule has 0 aliphatic rings. The Morgan fingerprint density at radius 2 is 2.11 bits per heavy atom. The number of hydrogen-bond donors (Lipinski definition) is 2. The Kier molecular flexibility index (Phi) is 3.27. The van der Waals surface area contributed by atoms with Gasteiger partial charge in [0.05, 0.1) is 6.61 Å². The lowest BCUT2D eigenvalue weighted by atomic mass is 10.1. The van der Waals surface area contributed by atoms with E-state index in [2.05, 4.69) is 9.97 Å². The number of rotatable bonds is 3. The number of esters is 1. The third-order valence-electron chi connectivity index (χ3n) is 2.32. The number of H-pyrrole nitrogens is 1. The Bertz CT molecular complexity index is 563. The Balaban J connectivity index is 2.44. The molecule has 0 bridgehead atoms. The summed E-state index contributed by atoms with van der Waals surface area (Å²) in [5.74, 6) is -0.793. The standard InChI is InChI=1S/C12H12FN3O2/c1-2-18-11(17)10-9(15-12(14)16-10)7-3-5-8(13)6-4-7/h3-6H,2H2,1H3,(H3,14,15,16). The molecular weight excluding hydrogens is 237 g/mol. The fourth-order valence-electron chi connectivity index (χ4n) is 1.56. The fourth-order valence-corrected chi connectivity index (χ4v) is 1.56. The van der Waals surface area contributed by atoms with E-state index in [4.69, 9.17) is 10.5 Å². The first-order valence-electron chi connectivity index (χ1n) is 5.40. The lowest BCUT2D eigenvalue weighted by Gasteiger charge is -2.02. The molecule has 1 aromatic carbocycles. The van der Waals surface area contributed by atoms with Crippen LogP contribution in [0.25, 0.3) is 11.3 Å². The van der Waals surface area contributed by atoms with E-state index in [9.17, 15) is 9.18 Å². The quantitative estimate of drug-likeness (QED) is 0.815. The molecule has 5 nitrogen and oxygen atoms in total. The molecule has 0 saturated heterocycles. The van der Waals surface area contributed by atoms with Gasteiger partial charge in [-0.3, -0.25) is 0 Å². The molecule has 0 aliphatic carbocycles. The van der Waals surface area contributed by atoms with Crippen molar-refractivity contribution in [2.24, 2.45) is 0 Å². The molecule has 0 aliphatic heterocycles. The van der Waals surface area contributed by atoms with Gasteiger partial charge in [0.1, 0.15) is 11.5 Å². The number of nitrogen functional groups attached to an aromatic ring is 1. The minimum absolute atomic E-state index is 0.109. The number of carbonyl (C=O) groups excluding carboxylic acids is 1. The zero-order valence-corrected chi connectivity index (χ0v) is 9.74. The van der Waals surface area contributed by atoms with E-state index in [-0.39, 0.29) is 24.1 Å². The average molecular weight is 249 g/mol. The van der Waals surface area contributed by atoms with Crippen LogP contribution in [0.15, 0.2) is 24.3 Å². The van der Waals surface area contributed by atoms with Gasteiger partial charge >= 0.3 is 5.97 Å². The zero-order chi connectivity index (χ0) is 13.1. The second kappa shape index (κ2) is 4.87. The van der Waals surface area contributed by atoms with Crippen LogP contribution in [0.5, 0.6) is 0 Å². The predicted molar refractivity (Wildman–Crippen MR) is 64.4 cm³/mol. The Morgan fingerprint density at radius 3 is 2.72 bits per heavy atom. The van der Waals surface area contributed by atoms with Crippen LogP contribution in [-0.2, 0) is 4.74 Å². The summed E-state index contributed by atoms with van der Waals surface area (Å²) in [6, 6.07) is 5.62. The summed E-state index contributed by atoms with van der Waals surface area (Å²) in [6.07, 6.45) is 0. The molecule has 18 heavy (non-hydrogen) atoms. The van der Waals surface area contributed by atoms with Crippen molar-refractivity contribution in [1.82, 2.24) is 9.97 Å². The summed E-state index contributed by atoms with van der Waals surface area (Å²) in [5.41, 5.74) is 6.64. The molecule has 1 heterocycles. The van der Waals surface area contributed by atoms with Gasteiger partial charge in [0, 0.05) is 5.56 Å². The highest BCUT2D eigenvalue weighted by molar-refractivity contribution is 5.94. The summed E-state index contributed by atoms with van der Waals surface area (Å²) in [5, 5.41) is 0. The van der Waals surface area contributed by atoms with E-state index in [1.54, 1.807) is 6.92 Å². The molecular formula is C12H12FN3O2. The molecule has 94 valence electrons. The number of benzene rings is 1. The number of carbonyl (C=O) groups is 1. The first-order chi connectivity index (χ1) is 8.61. The number of ether oxygens (including phenoxy) is 1. The van der Waals surface area contributed by atoms with Crippen molar-refractivity contribution >= 4 is 11.9 Å². The first-order valence-corrected chi connectivity index (χ1v) is 5.40. The molecule has 0 atom stereocenters. The highest BCUT2D eigenvalue weighted by Gasteiger charge is 2.18. The molecule has 0 saturated carbocycles. The molecule has 1 aromatic heterocycles. The van der Waals surface area contributed by atoms with Crippen LogP contribution in [0.3, 0.4) is 0 Å². The number of anilines is 1. The van der Waals surface area contributed by atoms with Crippen molar-refractivity contribution in [1.29, 1.82) is 0 Å². The normalized spacial score (nSPS) is 10.3. The largest absolute Gasteiger partial charge is 0.461 e. The fraction of sp³-hybridized carbons (Fsp3) is 0.167. The van der Waals surface area contributed by atoms with Crippen LogP contribution >= 0.6 is 0 Å². The molecule has 0 fully saturated rings. The molecule has 2 rings (SSSR count). The van der Waals surface area contributed by atoms with E-state index >= 15 is 0 Å². The van der Waals surface area contributed by atoms with Gasteiger partial charge in [-0.1, -0.05) is 0 Å². The van der Waals surface area contributed by atoms with Crippen molar-refractivity contribution in [3.63, 3.8) is 0 Å². The van der Waals surface area contributed by atoms with Crippen LogP contribution in [0.1, 0.15) is 17.4 Å². The van der Waals surface area contributed by atoms with Crippen LogP contribution in [0.4, 0.5) is 10.3 Å². The van der Waals surface area contributed by atoms with Gasteiger partial charge in [0.15, 0.2) is 11.6 Å². The van der Waals surface area contributed by atoms with Crippen molar-refractivity contribution in [2.45, 2.75) is 6.92 Å². The molecule has 0 amide bonds. The first kappa shape index (κ1) is 12.1. The lowest BCUT2D eigenvalue weighted by Crippen LogP contribution is -2.06. The van der Waals surface area contributed by atoms with Crippen molar-refractivity contribution in [3.05, 3.63) is 35.8 Å². The van der Waals surface area contributed by atoms with Crippen LogP contribution in [-0.4, -0.2) is 22.5 Å². The number of imidazole rings is 1. The van der Waals surface area contributed by atoms with E-state index < -0.39 is 5.97 Å². The number of nitrogens with one attached hydrogen (secondary N) is 1. The maximum absolute atomic E-state index is 12.8. The smallest absolute Gasteiger partial charge is 0.357 e. The van der Waals surface area contributed by atoms with Crippen LogP contribution in [0.2, 0.25) is 0 Å². The van der Waals surface area contributed by atoms with Gasteiger partial charge < -0.3 is 15.5 Å². The predicted octanol–water partition coefficient (Wildman–Crippen LogP) is 1.97. The van der Waals surface area contributed by atoms with Gasteiger partial charge in [0.25, 0.3) is 0 Å². The third kappa shape index (κ3) is 2.32. The van der Waals surface area contributed by atoms with E-state index in [0.29, 0.717) is 11.3 Å². The SMILES string of the molecule is CCOC(=O)c1[nH]c(N)nc1-c1ccc(F)cc1. The number of nitrogens with zero attached hydrogens (tertiary/aromatic N) is 1. The molecule has 2 aromatic rings. The van der Waals surface area contributed by atoms with Crippen molar-refractivity contribution in [2.75, 3.05) is 12.3 Å². The Morgan fingerprint density at radius 1 is 1.44 bits per heavy atom. The molecule has 0 unspecified atom stereocenters. The van der Waals surface area contributed by atoms with Crippen molar-refractivity contribution < 1.29 is 13.9 Å². The van der Waals surface area contributed by atoms with Gasteiger partial charge in [-0.2, -0.15) is 0 Å². The third-order valence-corrected chi connectivity index (χ3v) is 2.32. The summed E-state index contributed by atoms with van der Waals surface area (Å²) >= 11 is 0. The second-order valence-electron chi connectivity index (χ2n) is 3.57. The molecule has 0 spiro atoms. The molecule has 3 N–H and O–H groups in total. The number of halogens is 1.